The summed E-state index contributed by atoms with van der Waals surface area (Å²) < 4.78 is 4.89. The molecular weight excluding hydrogens is 212 g/mol. The number of carboxylic acid groups (broad SMARTS) is 1. The van der Waals surface area contributed by atoms with Crippen LogP contribution in [0.3, 0.4) is 0 Å². The molecule has 5 nitrogen and oxygen atoms in total. The van der Waals surface area contributed by atoms with Crippen molar-refractivity contribution >= 4 is 17.7 Å². The zero-order valence-electron chi connectivity index (χ0n) is 9.69. The van der Waals surface area contributed by atoms with Crippen LogP contribution < -0.4 is 0 Å². The molecule has 0 radical (unpaired) electrons. The Bertz CT molecular complexity index is 243. The van der Waals surface area contributed by atoms with Gasteiger partial charge >= 0.3 is 11.9 Å². The number of hydrogen-bond acceptors (Lipinski definition) is 4. The van der Waals surface area contributed by atoms with E-state index in [0.717, 1.165) is 0 Å². The summed E-state index contributed by atoms with van der Waals surface area (Å²) in [6.07, 6.45) is 0.986. The molecule has 0 fully saturated rings. The van der Waals surface area contributed by atoms with Gasteiger partial charge in [0.05, 0.1) is 13.0 Å². The molecule has 0 amide bonds. The smallest absolute Gasteiger partial charge is 0.305 e. The van der Waals surface area contributed by atoms with Crippen LogP contribution in [0.1, 0.15) is 39.5 Å². The standard InChI is InChI=1S/C11H18O5/c1-3-4-11(15)16-7-9(5-8(2)12)6-10(13)14/h9H,3-7H2,1-2H3,(H,13,14). The van der Waals surface area contributed by atoms with Gasteiger partial charge in [0.1, 0.15) is 5.78 Å². The fraction of sp³-hybridized carbons (Fsp3) is 0.727. The monoisotopic (exact) mass is 230 g/mol. The van der Waals surface area contributed by atoms with Crippen molar-refractivity contribution in [1.82, 2.24) is 0 Å². The second-order valence-electron chi connectivity index (χ2n) is 3.80. The van der Waals surface area contributed by atoms with Gasteiger partial charge in [-0.05, 0) is 13.3 Å². The van der Waals surface area contributed by atoms with Crippen LogP contribution in [-0.4, -0.2) is 29.4 Å². The number of rotatable bonds is 8. The Balaban J connectivity index is 4.05. The fourth-order valence-electron chi connectivity index (χ4n) is 1.33. The van der Waals surface area contributed by atoms with E-state index in [0.29, 0.717) is 12.8 Å². The molecule has 0 aromatic carbocycles. The fourth-order valence-corrected chi connectivity index (χ4v) is 1.33. The quantitative estimate of drug-likeness (QED) is 0.637. The maximum atomic E-state index is 11.1. The van der Waals surface area contributed by atoms with Crippen molar-refractivity contribution in [3.05, 3.63) is 0 Å². The SMILES string of the molecule is CCCC(=O)OCC(CC(C)=O)CC(=O)O. The first kappa shape index (κ1) is 14.6. The van der Waals surface area contributed by atoms with E-state index >= 15 is 0 Å². The molecule has 0 spiro atoms. The lowest BCUT2D eigenvalue weighted by molar-refractivity contribution is -0.148. The second-order valence-corrected chi connectivity index (χ2v) is 3.80. The topological polar surface area (TPSA) is 80.7 Å². The van der Waals surface area contributed by atoms with Crippen molar-refractivity contribution < 1.29 is 24.2 Å². The number of carbonyl (C=O) groups is 3. The van der Waals surface area contributed by atoms with Crippen molar-refractivity contribution in [2.75, 3.05) is 6.61 Å². The van der Waals surface area contributed by atoms with Gasteiger partial charge in [0.15, 0.2) is 0 Å². The van der Waals surface area contributed by atoms with E-state index in [1.807, 2.05) is 6.92 Å². The van der Waals surface area contributed by atoms with Gasteiger partial charge in [0, 0.05) is 18.8 Å². The van der Waals surface area contributed by atoms with E-state index in [1.165, 1.54) is 6.92 Å². The lowest BCUT2D eigenvalue weighted by Gasteiger charge is -2.13. The summed E-state index contributed by atoms with van der Waals surface area (Å²) >= 11 is 0. The number of carbonyl (C=O) groups excluding carboxylic acids is 2. The first-order valence-corrected chi connectivity index (χ1v) is 5.32. The molecule has 1 N–H and O–H groups in total. The number of aliphatic carboxylic acids is 1. The Morgan fingerprint density at radius 1 is 1.25 bits per heavy atom. The molecule has 1 atom stereocenters. The summed E-state index contributed by atoms with van der Waals surface area (Å²) in [4.78, 5) is 32.4. The summed E-state index contributed by atoms with van der Waals surface area (Å²) in [5.74, 6) is -1.85. The Hall–Kier alpha value is -1.39. The molecule has 0 aliphatic rings. The van der Waals surface area contributed by atoms with Crippen LogP contribution in [0.5, 0.6) is 0 Å². The Morgan fingerprint density at radius 2 is 1.88 bits per heavy atom. The third-order valence-corrected chi connectivity index (χ3v) is 1.97. The molecule has 0 saturated heterocycles. The van der Waals surface area contributed by atoms with Crippen molar-refractivity contribution in [3.8, 4) is 0 Å². The van der Waals surface area contributed by atoms with E-state index in [1.54, 1.807) is 0 Å². The van der Waals surface area contributed by atoms with Gasteiger partial charge in [-0.2, -0.15) is 0 Å². The van der Waals surface area contributed by atoms with Gasteiger partial charge < -0.3 is 14.6 Å². The molecule has 0 rings (SSSR count). The van der Waals surface area contributed by atoms with Crippen LogP contribution in [-0.2, 0) is 19.1 Å². The lowest BCUT2D eigenvalue weighted by Crippen LogP contribution is -2.19. The zero-order chi connectivity index (χ0) is 12.6. The molecule has 5 heteroatoms. The van der Waals surface area contributed by atoms with Crippen LogP contribution in [0.15, 0.2) is 0 Å². The number of hydrogen-bond donors (Lipinski definition) is 1. The van der Waals surface area contributed by atoms with Gasteiger partial charge in [-0.3, -0.25) is 9.59 Å². The first-order chi connectivity index (χ1) is 7.45. The number of ether oxygens (including phenoxy) is 1. The highest BCUT2D eigenvalue weighted by atomic mass is 16.5. The molecule has 0 heterocycles. The van der Waals surface area contributed by atoms with Gasteiger partial charge in [0.2, 0.25) is 0 Å². The molecule has 0 bridgehead atoms. The molecule has 1 unspecified atom stereocenters. The predicted molar refractivity (Wildman–Crippen MR) is 56.9 cm³/mol. The Kier molecular flexibility index (Phi) is 7.16. The van der Waals surface area contributed by atoms with Gasteiger partial charge in [-0.15, -0.1) is 0 Å². The zero-order valence-corrected chi connectivity index (χ0v) is 9.69. The van der Waals surface area contributed by atoms with Crippen LogP contribution in [0, 0.1) is 5.92 Å². The molecule has 0 saturated carbocycles. The second kappa shape index (κ2) is 7.84. The van der Waals surface area contributed by atoms with Gasteiger partial charge in [0.25, 0.3) is 0 Å². The predicted octanol–water partition coefficient (Wildman–Crippen LogP) is 1.40. The minimum absolute atomic E-state index is 0.00468. The maximum Gasteiger partial charge on any atom is 0.305 e. The van der Waals surface area contributed by atoms with Crippen molar-refractivity contribution in [1.29, 1.82) is 0 Å². The summed E-state index contributed by atoms with van der Waals surface area (Å²) in [5, 5.41) is 8.61. The minimum atomic E-state index is -0.988. The van der Waals surface area contributed by atoms with E-state index < -0.39 is 11.9 Å². The van der Waals surface area contributed by atoms with E-state index in [2.05, 4.69) is 0 Å². The molecule has 0 aliphatic carbocycles. The summed E-state index contributed by atoms with van der Waals surface area (Å²) in [7, 11) is 0. The van der Waals surface area contributed by atoms with Crippen molar-refractivity contribution in [2.24, 2.45) is 5.92 Å². The molecule has 16 heavy (non-hydrogen) atoms. The largest absolute Gasteiger partial charge is 0.481 e. The third kappa shape index (κ3) is 7.96. The molecule has 0 aromatic rings. The van der Waals surface area contributed by atoms with Gasteiger partial charge in [-0.25, -0.2) is 0 Å². The Morgan fingerprint density at radius 3 is 2.31 bits per heavy atom. The van der Waals surface area contributed by atoms with Crippen molar-refractivity contribution in [3.63, 3.8) is 0 Å². The van der Waals surface area contributed by atoms with Crippen LogP contribution in [0.25, 0.3) is 0 Å². The summed E-state index contributed by atoms with van der Waals surface area (Å²) in [6.45, 7) is 3.25. The van der Waals surface area contributed by atoms with E-state index in [4.69, 9.17) is 9.84 Å². The third-order valence-electron chi connectivity index (χ3n) is 1.97. The summed E-state index contributed by atoms with van der Waals surface area (Å²) in [5.41, 5.74) is 0. The molecular formula is C11H18O5. The summed E-state index contributed by atoms with van der Waals surface area (Å²) in [6, 6.07) is 0. The highest BCUT2D eigenvalue weighted by Crippen LogP contribution is 2.10. The van der Waals surface area contributed by atoms with Crippen molar-refractivity contribution in [2.45, 2.75) is 39.5 Å². The maximum absolute atomic E-state index is 11.1. The van der Waals surface area contributed by atoms with Crippen LogP contribution in [0.2, 0.25) is 0 Å². The highest BCUT2D eigenvalue weighted by Gasteiger charge is 2.17. The highest BCUT2D eigenvalue weighted by molar-refractivity contribution is 5.77. The van der Waals surface area contributed by atoms with Gasteiger partial charge in [-0.1, -0.05) is 6.92 Å². The molecule has 0 aliphatic heterocycles. The van der Waals surface area contributed by atoms with Crippen LogP contribution >= 0.6 is 0 Å². The van der Waals surface area contributed by atoms with E-state index in [-0.39, 0.29) is 31.2 Å². The normalized spacial score (nSPS) is 11.9. The number of Topliss-reactive ketones (excluding diaryl/α,β-unsaturated/α-hetero) is 1. The lowest BCUT2D eigenvalue weighted by atomic mass is 10.0. The number of esters is 1. The molecule has 0 aromatic heterocycles. The number of carboxylic acids is 1. The molecule has 92 valence electrons. The van der Waals surface area contributed by atoms with Crippen LogP contribution in [0.4, 0.5) is 0 Å². The Labute approximate surface area is 94.8 Å². The number of ketones is 1. The average Bonchev–Trinajstić information content (AvgIpc) is 2.13. The average molecular weight is 230 g/mol. The van der Waals surface area contributed by atoms with E-state index in [9.17, 15) is 14.4 Å². The first-order valence-electron chi connectivity index (χ1n) is 5.32. The minimum Gasteiger partial charge on any atom is -0.481 e.